The first kappa shape index (κ1) is 32.1. The van der Waals surface area contributed by atoms with Crippen LogP contribution < -0.4 is 0 Å². The highest BCUT2D eigenvalue weighted by molar-refractivity contribution is 6.74. The molecule has 0 N–H and O–H groups in total. The molecule has 0 aromatic heterocycles. The summed E-state index contributed by atoms with van der Waals surface area (Å²) in [6, 6.07) is 1.15. The summed E-state index contributed by atoms with van der Waals surface area (Å²) in [6.07, 6.45) is 9.00. The lowest BCUT2D eigenvalue weighted by atomic mass is 9.76. The highest BCUT2D eigenvalue weighted by atomic mass is 28.4. The van der Waals surface area contributed by atoms with Gasteiger partial charge in [0.05, 0.1) is 0 Å². The minimum atomic E-state index is -1.69. The van der Waals surface area contributed by atoms with Crippen LogP contribution in [-0.4, -0.2) is 77.9 Å². The second kappa shape index (κ2) is 12.4. The molecule has 224 valence electrons. The normalized spacial score (nSPS) is 34.4. The van der Waals surface area contributed by atoms with Crippen molar-refractivity contribution in [1.82, 2.24) is 9.80 Å². The predicted molar refractivity (Wildman–Crippen MR) is 174 cm³/mol. The zero-order chi connectivity index (χ0) is 29.3. The third kappa shape index (κ3) is 7.55. The van der Waals surface area contributed by atoms with Crippen molar-refractivity contribution in [3.8, 4) is 23.7 Å². The molecule has 6 heterocycles. The van der Waals surface area contributed by atoms with E-state index in [1.165, 1.54) is 38.8 Å². The summed E-state index contributed by atoms with van der Waals surface area (Å²) in [5.41, 5.74) is 0. The zero-order valence-electron chi connectivity index (χ0n) is 27.4. The van der Waals surface area contributed by atoms with Crippen molar-refractivity contribution in [2.24, 2.45) is 23.7 Å². The van der Waals surface area contributed by atoms with Crippen LogP contribution in [0.15, 0.2) is 12.2 Å². The summed E-state index contributed by atoms with van der Waals surface area (Å²) in [5.74, 6) is 16.3. The highest BCUT2D eigenvalue weighted by Crippen LogP contribution is 2.41. The molecule has 6 heteroatoms. The molecule has 0 saturated carbocycles. The van der Waals surface area contributed by atoms with E-state index in [9.17, 15) is 0 Å². The largest absolute Gasteiger partial charge is 0.415 e. The maximum Gasteiger partial charge on any atom is 0.192 e. The number of piperidine rings is 6. The van der Waals surface area contributed by atoms with E-state index in [1.54, 1.807) is 0 Å². The Kier molecular flexibility index (Phi) is 9.93. The van der Waals surface area contributed by atoms with E-state index in [-0.39, 0.29) is 10.1 Å². The fourth-order valence-corrected chi connectivity index (χ4v) is 8.47. The molecule has 40 heavy (non-hydrogen) atoms. The summed E-state index contributed by atoms with van der Waals surface area (Å²) in [6.45, 7) is 29.8. The third-order valence-electron chi connectivity index (χ3n) is 11.4. The Morgan fingerprint density at radius 2 is 1.05 bits per heavy atom. The Morgan fingerprint density at radius 1 is 0.675 bits per heavy atom. The van der Waals surface area contributed by atoms with E-state index in [0.717, 1.165) is 26.3 Å². The van der Waals surface area contributed by atoms with Crippen molar-refractivity contribution < 1.29 is 8.85 Å². The van der Waals surface area contributed by atoms with Gasteiger partial charge in [0.15, 0.2) is 16.6 Å². The highest BCUT2D eigenvalue weighted by Gasteiger charge is 2.44. The summed E-state index contributed by atoms with van der Waals surface area (Å²) in [7, 11) is -3.38. The number of fused-ring (bicyclic) bond motifs is 6. The minimum Gasteiger partial charge on any atom is -0.415 e. The molecule has 4 nitrogen and oxygen atoms in total. The molecule has 0 aromatic rings. The van der Waals surface area contributed by atoms with E-state index in [1.807, 2.05) is 12.2 Å². The Bertz CT molecular complexity index is 951. The fourth-order valence-electron chi connectivity index (χ4n) is 6.39. The summed E-state index contributed by atoms with van der Waals surface area (Å²) < 4.78 is 13.2. The number of hydrogen-bond acceptors (Lipinski definition) is 4. The predicted octanol–water partition coefficient (Wildman–Crippen LogP) is 7.01. The van der Waals surface area contributed by atoms with Gasteiger partial charge in [-0.1, -0.05) is 65.2 Å². The zero-order valence-corrected chi connectivity index (χ0v) is 29.4. The van der Waals surface area contributed by atoms with Crippen LogP contribution in [0.25, 0.3) is 0 Å². The first-order chi connectivity index (χ1) is 18.6. The number of allylic oxidation sites excluding steroid dienone is 2. The second-order valence-corrected chi connectivity index (χ2v) is 25.8. The van der Waals surface area contributed by atoms with Crippen LogP contribution >= 0.6 is 0 Å². The fraction of sp³-hybridized carbons (Fsp3) is 0.824. The molecule has 0 amide bonds. The van der Waals surface area contributed by atoms with Crippen molar-refractivity contribution in [3.05, 3.63) is 12.2 Å². The van der Waals surface area contributed by atoms with E-state index < -0.39 is 16.6 Å². The van der Waals surface area contributed by atoms with E-state index in [0.29, 0.717) is 35.8 Å². The molecule has 6 rings (SSSR count). The minimum absolute atomic E-state index is 0.273. The Morgan fingerprint density at radius 3 is 1.35 bits per heavy atom. The molecule has 0 spiro atoms. The summed E-state index contributed by atoms with van der Waals surface area (Å²) in [4.78, 5) is 5.29. The topological polar surface area (TPSA) is 24.9 Å². The first-order valence-corrected chi connectivity index (χ1v) is 21.8. The van der Waals surface area contributed by atoms with Crippen LogP contribution in [0, 0.1) is 47.4 Å². The molecule has 6 aliphatic heterocycles. The van der Waals surface area contributed by atoms with Crippen molar-refractivity contribution in [3.63, 3.8) is 0 Å². The maximum atomic E-state index is 6.59. The van der Waals surface area contributed by atoms with Crippen molar-refractivity contribution in [2.75, 3.05) is 39.4 Å². The number of nitrogens with zero attached hydrogens (tertiary/aromatic N) is 2. The van der Waals surface area contributed by atoms with Crippen LogP contribution in [0.1, 0.15) is 67.2 Å². The Balaban J connectivity index is 1.22. The maximum absolute atomic E-state index is 6.59. The monoisotopic (exact) mass is 582 g/mol. The van der Waals surface area contributed by atoms with E-state index in [2.05, 4.69) is 101 Å². The molecule has 6 fully saturated rings. The molecule has 0 radical (unpaired) electrons. The van der Waals surface area contributed by atoms with Crippen LogP contribution in [0.4, 0.5) is 0 Å². The lowest BCUT2D eigenvalue weighted by Gasteiger charge is -2.49. The van der Waals surface area contributed by atoms with Crippen molar-refractivity contribution in [1.29, 1.82) is 0 Å². The van der Waals surface area contributed by atoms with Gasteiger partial charge in [0.2, 0.25) is 0 Å². The van der Waals surface area contributed by atoms with Gasteiger partial charge in [-0.05, 0) is 99.0 Å². The van der Waals surface area contributed by atoms with Crippen LogP contribution in [0.3, 0.4) is 0 Å². The quantitative estimate of drug-likeness (QED) is 0.248. The van der Waals surface area contributed by atoms with Crippen LogP contribution in [0.5, 0.6) is 0 Å². The van der Waals surface area contributed by atoms with Gasteiger partial charge in [0, 0.05) is 50.2 Å². The van der Waals surface area contributed by atoms with E-state index in [4.69, 9.17) is 8.85 Å². The second-order valence-electron chi connectivity index (χ2n) is 16.1. The van der Waals surface area contributed by atoms with Gasteiger partial charge in [-0.15, -0.1) is 0 Å². The number of rotatable bonds is 6. The molecular formula is C34H58N2O2Si2. The van der Waals surface area contributed by atoms with Crippen LogP contribution in [0.2, 0.25) is 36.3 Å². The molecule has 6 aliphatic rings. The van der Waals surface area contributed by atoms with Gasteiger partial charge in [-0.3, -0.25) is 9.80 Å². The standard InChI is InChI=1S/C34H58N2O2Si2/c1-33(2,3)39(7,8)37-25-31-21-27-17-19-35(31)23-29(27)15-13-11-12-14-16-30-24-36-20-18-28(30)22-32(36)26-38-40(9,10)34(4,5)6/h11-12,27-32H,17-26H2,1-10H3/b12-11-/t27-,28-,29-,30-,31-,32-/m0/s1. The van der Waals surface area contributed by atoms with Gasteiger partial charge in [-0.25, -0.2) is 0 Å². The molecule has 6 saturated heterocycles. The van der Waals surface area contributed by atoms with Gasteiger partial charge in [0.25, 0.3) is 0 Å². The van der Waals surface area contributed by atoms with Gasteiger partial charge >= 0.3 is 0 Å². The Labute approximate surface area is 249 Å². The summed E-state index contributed by atoms with van der Waals surface area (Å²) >= 11 is 0. The van der Waals surface area contributed by atoms with Crippen molar-refractivity contribution in [2.45, 2.75) is 116 Å². The lowest BCUT2D eigenvalue weighted by Crippen LogP contribution is -2.56. The van der Waals surface area contributed by atoms with Gasteiger partial charge < -0.3 is 8.85 Å². The molecule has 2 unspecified atom stereocenters. The summed E-state index contributed by atoms with van der Waals surface area (Å²) in [5, 5.41) is 0.547. The molecular weight excluding hydrogens is 525 g/mol. The van der Waals surface area contributed by atoms with Crippen LogP contribution in [-0.2, 0) is 8.85 Å². The molecule has 4 bridgehead atoms. The first-order valence-electron chi connectivity index (χ1n) is 16.0. The third-order valence-corrected chi connectivity index (χ3v) is 20.4. The SMILES string of the molecule is CC(C)(C)[Si](C)(C)OC[C@@H]1C[C@@H]2CCN1C[C@@H]2C#C/C=C\C#C[C@H]1CN2CC[C@H]1C[C@H]2CO[Si](C)(C)C(C)(C)C. The van der Waals surface area contributed by atoms with Gasteiger partial charge in [0.1, 0.15) is 0 Å². The lowest BCUT2D eigenvalue weighted by molar-refractivity contribution is -0.00121. The Hall–Kier alpha value is -0.866. The average molecular weight is 583 g/mol. The molecule has 0 aromatic carbocycles. The molecule has 8 atom stereocenters. The average Bonchev–Trinajstić information content (AvgIpc) is 2.88. The smallest absolute Gasteiger partial charge is 0.192 e. The number of hydrogen-bond donors (Lipinski definition) is 0. The van der Waals surface area contributed by atoms with Crippen molar-refractivity contribution >= 4 is 16.6 Å². The molecule has 0 aliphatic carbocycles. The van der Waals surface area contributed by atoms with Gasteiger partial charge in [-0.2, -0.15) is 0 Å². The van der Waals surface area contributed by atoms with E-state index >= 15 is 0 Å².